The third-order valence-electron chi connectivity index (χ3n) is 4.74. The van der Waals surface area contributed by atoms with E-state index in [0.29, 0.717) is 39.6 Å². The lowest BCUT2D eigenvalue weighted by atomic mass is 10.2. The average Bonchev–Trinajstić information content (AvgIpc) is 3.32. The number of aromatic nitrogens is 4. The Kier molecular flexibility index (Phi) is 4.91. The van der Waals surface area contributed by atoms with Crippen molar-refractivity contribution in [3.63, 3.8) is 0 Å². The van der Waals surface area contributed by atoms with Gasteiger partial charge in [-0.2, -0.15) is 0 Å². The first-order valence-corrected chi connectivity index (χ1v) is 9.58. The summed E-state index contributed by atoms with van der Waals surface area (Å²) in [6, 6.07) is 18.0. The maximum Gasteiger partial charge on any atom is 0.286 e. The molecule has 2 heterocycles. The quantitative estimate of drug-likeness (QED) is 0.400. The predicted molar refractivity (Wildman–Crippen MR) is 114 cm³/mol. The maximum absolute atomic E-state index is 13.7. The van der Waals surface area contributed by atoms with E-state index in [2.05, 4.69) is 25.5 Å². The summed E-state index contributed by atoms with van der Waals surface area (Å²) in [5, 5.41) is 11.9. The molecule has 5 aromatic rings. The Balaban J connectivity index is 1.54. The lowest BCUT2D eigenvalue weighted by Crippen LogP contribution is -2.00. The van der Waals surface area contributed by atoms with Crippen LogP contribution in [-0.2, 0) is 0 Å². The van der Waals surface area contributed by atoms with Crippen LogP contribution in [0.5, 0.6) is 5.75 Å². The van der Waals surface area contributed by atoms with Gasteiger partial charge in [-0.25, -0.2) is 18.7 Å². The van der Waals surface area contributed by atoms with E-state index in [1.54, 1.807) is 37.4 Å². The van der Waals surface area contributed by atoms with E-state index in [9.17, 15) is 8.78 Å². The van der Waals surface area contributed by atoms with Crippen LogP contribution in [0.3, 0.4) is 0 Å². The second kappa shape index (κ2) is 8.03. The molecule has 0 saturated heterocycles. The van der Waals surface area contributed by atoms with Gasteiger partial charge in [0.2, 0.25) is 11.7 Å². The number of methoxy groups -OCH3 is 1. The summed E-state index contributed by atoms with van der Waals surface area (Å²) in [6.07, 6.45) is 0. The standard InChI is InChI=1S/C23H15F2N5O2/c1-31-15-9-6-13(7-10-15)22-29-30-23(32-22)21-27-19-5-3-2-4-16(19)20(28-21)26-14-8-11-17(24)18(25)12-14/h2-12H,1H3,(H,26,27,28). The Labute approximate surface area is 180 Å². The summed E-state index contributed by atoms with van der Waals surface area (Å²) < 4.78 is 37.9. The fraction of sp³-hybridized carbons (Fsp3) is 0.0435. The first-order chi connectivity index (χ1) is 15.6. The van der Waals surface area contributed by atoms with E-state index in [0.717, 1.165) is 12.1 Å². The number of para-hydroxylation sites is 1. The van der Waals surface area contributed by atoms with E-state index >= 15 is 0 Å². The first-order valence-electron chi connectivity index (χ1n) is 9.58. The summed E-state index contributed by atoms with van der Waals surface area (Å²) in [7, 11) is 1.59. The van der Waals surface area contributed by atoms with Crippen LogP contribution in [0.2, 0.25) is 0 Å². The SMILES string of the molecule is COc1ccc(-c2nnc(-c3nc(Nc4ccc(F)c(F)c4)c4ccccc4n3)o2)cc1. The normalized spacial score (nSPS) is 11.0. The molecule has 0 aliphatic carbocycles. The third-order valence-corrected chi connectivity index (χ3v) is 4.74. The molecular formula is C23H15F2N5O2. The molecule has 7 nitrogen and oxygen atoms in total. The zero-order valence-electron chi connectivity index (χ0n) is 16.7. The number of ether oxygens (including phenoxy) is 1. The number of benzene rings is 3. The van der Waals surface area contributed by atoms with Crippen LogP contribution in [0.1, 0.15) is 0 Å². The number of nitrogens with one attached hydrogen (secondary N) is 1. The van der Waals surface area contributed by atoms with Crippen molar-refractivity contribution < 1.29 is 17.9 Å². The van der Waals surface area contributed by atoms with Gasteiger partial charge in [0.1, 0.15) is 11.6 Å². The molecule has 0 bridgehead atoms. The van der Waals surface area contributed by atoms with Crippen LogP contribution in [-0.4, -0.2) is 27.3 Å². The van der Waals surface area contributed by atoms with Gasteiger partial charge in [-0.3, -0.25) is 0 Å². The number of anilines is 2. The predicted octanol–water partition coefficient (Wildman–Crippen LogP) is 5.38. The molecule has 3 aromatic carbocycles. The van der Waals surface area contributed by atoms with Gasteiger partial charge in [-0.05, 0) is 48.5 Å². The lowest BCUT2D eigenvalue weighted by Gasteiger charge is -2.10. The summed E-state index contributed by atoms with van der Waals surface area (Å²) in [5.41, 5.74) is 1.67. The first kappa shape index (κ1) is 19.6. The monoisotopic (exact) mass is 431 g/mol. The zero-order chi connectivity index (χ0) is 22.1. The van der Waals surface area contributed by atoms with Gasteiger partial charge in [0.15, 0.2) is 11.6 Å². The molecule has 0 radical (unpaired) electrons. The molecule has 0 saturated carbocycles. The Hall–Kier alpha value is -4.40. The van der Waals surface area contributed by atoms with Crippen molar-refractivity contribution in [2.45, 2.75) is 0 Å². The summed E-state index contributed by atoms with van der Waals surface area (Å²) in [5.74, 6) is -0.180. The summed E-state index contributed by atoms with van der Waals surface area (Å²) in [6.45, 7) is 0. The number of hydrogen-bond acceptors (Lipinski definition) is 7. The molecule has 9 heteroatoms. The highest BCUT2D eigenvalue weighted by Gasteiger charge is 2.16. The van der Waals surface area contributed by atoms with E-state index in [-0.39, 0.29) is 11.7 Å². The fourth-order valence-corrected chi connectivity index (χ4v) is 3.14. The van der Waals surface area contributed by atoms with Crippen LogP contribution >= 0.6 is 0 Å². The molecule has 1 N–H and O–H groups in total. The molecule has 0 unspecified atom stereocenters. The molecule has 5 rings (SSSR count). The van der Waals surface area contributed by atoms with Crippen LogP contribution < -0.4 is 10.1 Å². The van der Waals surface area contributed by atoms with Gasteiger partial charge in [0, 0.05) is 22.7 Å². The van der Waals surface area contributed by atoms with Gasteiger partial charge in [0.25, 0.3) is 5.89 Å². The minimum absolute atomic E-state index is 0.120. The molecule has 0 aliphatic heterocycles. The highest BCUT2D eigenvalue weighted by atomic mass is 19.2. The maximum atomic E-state index is 13.7. The summed E-state index contributed by atoms with van der Waals surface area (Å²) in [4.78, 5) is 9.01. The molecule has 32 heavy (non-hydrogen) atoms. The van der Waals surface area contributed by atoms with E-state index < -0.39 is 11.6 Å². The second-order valence-electron chi connectivity index (χ2n) is 6.81. The van der Waals surface area contributed by atoms with Gasteiger partial charge in [-0.1, -0.05) is 12.1 Å². The molecule has 0 amide bonds. The van der Waals surface area contributed by atoms with Crippen molar-refractivity contribution in [3.05, 3.63) is 78.4 Å². The number of fused-ring (bicyclic) bond motifs is 1. The van der Waals surface area contributed by atoms with Gasteiger partial charge < -0.3 is 14.5 Å². The number of hydrogen-bond donors (Lipinski definition) is 1. The van der Waals surface area contributed by atoms with Crippen molar-refractivity contribution in [2.24, 2.45) is 0 Å². The van der Waals surface area contributed by atoms with Crippen molar-refractivity contribution in [1.82, 2.24) is 20.2 Å². The largest absolute Gasteiger partial charge is 0.497 e. The van der Waals surface area contributed by atoms with E-state index in [1.165, 1.54) is 6.07 Å². The Morgan fingerprint density at radius 1 is 0.844 bits per heavy atom. The molecular weight excluding hydrogens is 416 g/mol. The Bertz CT molecular complexity index is 1420. The smallest absolute Gasteiger partial charge is 0.286 e. The van der Waals surface area contributed by atoms with E-state index in [4.69, 9.17) is 9.15 Å². The number of rotatable bonds is 5. The Morgan fingerprint density at radius 3 is 2.41 bits per heavy atom. The van der Waals surface area contributed by atoms with Crippen molar-refractivity contribution in [2.75, 3.05) is 12.4 Å². The number of nitrogens with zero attached hydrogens (tertiary/aromatic N) is 4. The molecule has 158 valence electrons. The number of halogens is 2. The van der Waals surface area contributed by atoms with E-state index in [1.807, 2.05) is 18.2 Å². The average molecular weight is 431 g/mol. The van der Waals surface area contributed by atoms with Crippen molar-refractivity contribution in [1.29, 1.82) is 0 Å². The lowest BCUT2D eigenvalue weighted by molar-refractivity contribution is 0.415. The molecule has 0 atom stereocenters. The molecule has 0 aliphatic rings. The second-order valence-corrected chi connectivity index (χ2v) is 6.81. The van der Waals surface area contributed by atoms with Crippen LogP contribution in [0.15, 0.2) is 71.1 Å². The minimum atomic E-state index is -0.963. The molecule has 2 aromatic heterocycles. The zero-order valence-corrected chi connectivity index (χ0v) is 16.7. The molecule has 0 fully saturated rings. The van der Waals surface area contributed by atoms with Gasteiger partial charge in [0.05, 0.1) is 12.6 Å². The van der Waals surface area contributed by atoms with Crippen molar-refractivity contribution >= 4 is 22.4 Å². The minimum Gasteiger partial charge on any atom is -0.497 e. The highest BCUT2D eigenvalue weighted by Crippen LogP contribution is 2.29. The summed E-state index contributed by atoms with van der Waals surface area (Å²) >= 11 is 0. The third kappa shape index (κ3) is 3.71. The van der Waals surface area contributed by atoms with Crippen molar-refractivity contribution in [3.8, 4) is 28.9 Å². The van der Waals surface area contributed by atoms with Crippen LogP contribution in [0.25, 0.3) is 34.1 Å². The Morgan fingerprint density at radius 2 is 1.62 bits per heavy atom. The fourth-order valence-electron chi connectivity index (χ4n) is 3.14. The topological polar surface area (TPSA) is 86.0 Å². The van der Waals surface area contributed by atoms with Gasteiger partial charge in [-0.15, -0.1) is 10.2 Å². The highest BCUT2D eigenvalue weighted by molar-refractivity contribution is 5.91. The van der Waals surface area contributed by atoms with Crippen LogP contribution in [0.4, 0.5) is 20.3 Å². The molecule has 0 spiro atoms. The van der Waals surface area contributed by atoms with Gasteiger partial charge >= 0.3 is 0 Å². The van der Waals surface area contributed by atoms with Crippen LogP contribution in [0, 0.1) is 11.6 Å².